The number of hydrogen-bond acceptors (Lipinski definition) is 3. The van der Waals surface area contributed by atoms with Gasteiger partial charge in [-0.2, -0.15) is 11.8 Å². The minimum absolute atomic E-state index is 0.265. The zero-order valence-corrected chi connectivity index (χ0v) is 11.6. The van der Waals surface area contributed by atoms with Gasteiger partial charge in [0.2, 0.25) is 0 Å². The summed E-state index contributed by atoms with van der Waals surface area (Å²) in [4.78, 5) is 4.17. The maximum absolute atomic E-state index is 6.27. The summed E-state index contributed by atoms with van der Waals surface area (Å²) in [6, 6.07) is 2.38. The summed E-state index contributed by atoms with van der Waals surface area (Å²) < 4.78 is 1.04. The molecule has 16 heavy (non-hydrogen) atoms. The maximum atomic E-state index is 6.27. The Morgan fingerprint density at radius 1 is 1.50 bits per heavy atom. The Morgan fingerprint density at radius 3 is 3.06 bits per heavy atom. The van der Waals surface area contributed by atoms with Crippen molar-refractivity contribution in [2.24, 2.45) is 5.73 Å². The molecule has 1 saturated heterocycles. The van der Waals surface area contributed by atoms with Gasteiger partial charge in [-0.15, -0.1) is 0 Å². The van der Waals surface area contributed by atoms with Crippen LogP contribution in [0.2, 0.25) is 0 Å². The van der Waals surface area contributed by atoms with E-state index < -0.39 is 0 Å². The van der Waals surface area contributed by atoms with Gasteiger partial charge in [-0.25, -0.2) is 0 Å². The monoisotopic (exact) mass is 300 g/mol. The molecule has 2 rings (SSSR count). The number of rotatable bonds is 3. The minimum atomic E-state index is 0.265. The van der Waals surface area contributed by atoms with Gasteiger partial charge in [0.05, 0.1) is 0 Å². The molecule has 1 aliphatic rings. The molecule has 0 bridgehead atoms. The summed E-state index contributed by atoms with van der Waals surface area (Å²) in [5, 5.41) is 0.632. The van der Waals surface area contributed by atoms with E-state index in [1.54, 1.807) is 0 Å². The Morgan fingerprint density at radius 2 is 2.38 bits per heavy atom. The third kappa shape index (κ3) is 3.47. The zero-order chi connectivity index (χ0) is 11.4. The molecule has 2 atom stereocenters. The van der Waals surface area contributed by atoms with Crippen molar-refractivity contribution in [2.75, 3.05) is 5.75 Å². The largest absolute Gasteiger partial charge is 0.326 e. The van der Waals surface area contributed by atoms with E-state index in [0.717, 1.165) is 10.9 Å². The van der Waals surface area contributed by atoms with Gasteiger partial charge in [0.15, 0.2) is 0 Å². The molecule has 2 heterocycles. The van der Waals surface area contributed by atoms with Crippen LogP contribution in [0.4, 0.5) is 0 Å². The fourth-order valence-electron chi connectivity index (χ4n) is 2.07. The van der Waals surface area contributed by atoms with Crippen LogP contribution < -0.4 is 5.73 Å². The molecule has 0 amide bonds. The highest BCUT2D eigenvalue weighted by Crippen LogP contribution is 2.28. The highest BCUT2D eigenvalue weighted by molar-refractivity contribution is 9.10. The molecule has 2 N–H and O–H groups in total. The molecule has 0 spiro atoms. The van der Waals surface area contributed by atoms with Crippen LogP contribution in [0.15, 0.2) is 22.9 Å². The van der Waals surface area contributed by atoms with Crippen LogP contribution in [0.1, 0.15) is 24.8 Å². The van der Waals surface area contributed by atoms with Crippen molar-refractivity contribution >= 4 is 27.7 Å². The van der Waals surface area contributed by atoms with E-state index in [4.69, 9.17) is 5.73 Å². The van der Waals surface area contributed by atoms with Crippen LogP contribution in [0.5, 0.6) is 0 Å². The van der Waals surface area contributed by atoms with Crippen LogP contribution in [-0.2, 0) is 6.42 Å². The smallest absolute Gasteiger partial charge is 0.0410 e. The van der Waals surface area contributed by atoms with Crippen LogP contribution in [0.3, 0.4) is 0 Å². The number of nitrogens with two attached hydrogens (primary N) is 1. The highest BCUT2D eigenvalue weighted by atomic mass is 79.9. The molecule has 1 aromatic rings. The van der Waals surface area contributed by atoms with Gasteiger partial charge < -0.3 is 5.73 Å². The van der Waals surface area contributed by atoms with Crippen molar-refractivity contribution in [3.8, 4) is 0 Å². The van der Waals surface area contributed by atoms with Crippen molar-refractivity contribution in [3.63, 3.8) is 0 Å². The number of thioether (sulfide) groups is 1. The average molecular weight is 301 g/mol. The van der Waals surface area contributed by atoms with Gasteiger partial charge in [0, 0.05) is 28.2 Å². The third-order valence-corrected chi connectivity index (χ3v) is 4.90. The standard InChI is InChI=1S/C12H17BrN2S/c13-10-5-9(7-15-8-10)6-11(14)12-3-1-2-4-16-12/h5,7-8,11-12H,1-4,6,14H2. The molecule has 0 aromatic carbocycles. The lowest BCUT2D eigenvalue weighted by Crippen LogP contribution is -2.36. The molecule has 88 valence electrons. The second kappa shape index (κ2) is 6.03. The van der Waals surface area contributed by atoms with Crippen molar-refractivity contribution < 1.29 is 0 Å². The van der Waals surface area contributed by atoms with Gasteiger partial charge >= 0.3 is 0 Å². The number of aromatic nitrogens is 1. The minimum Gasteiger partial charge on any atom is -0.326 e. The second-order valence-electron chi connectivity index (χ2n) is 4.28. The quantitative estimate of drug-likeness (QED) is 0.933. The van der Waals surface area contributed by atoms with Crippen molar-refractivity contribution in [1.29, 1.82) is 0 Å². The summed E-state index contributed by atoms with van der Waals surface area (Å²) in [7, 11) is 0. The van der Waals surface area contributed by atoms with Gasteiger partial charge in [-0.1, -0.05) is 6.42 Å². The first kappa shape index (κ1) is 12.4. The molecule has 1 aromatic heterocycles. The molecular weight excluding hydrogens is 284 g/mol. The van der Waals surface area contributed by atoms with E-state index in [0.29, 0.717) is 5.25 Å². The summed E-state index contributed by atoms with van der Waals surface area (Å²) in [6.07, 6.45) is 8.62. The Bertz CT molecular complexity index is 340. The lowest BCUT2D eigenvalue weighted by molar-refractivity contribution is 0.559. The Balaban J connectivity index is 1.93. The first-order chi connectivity index (χ1) is 7.75. The van der Waals surface area contributed by atoms with E-state index >= 15 is 0 Å². The molecule has 1 aliphatic heterocycles. The maximum Gasteiger partial charge on any atom is 0.0410 e. The fraction of sp³-hybridized carbons (Fsp3) is 0.583. The fourth-order valence-corrected chi connectivity index (χ4v) is 3.84. The van der Waals surface area contributed by atoms with Gasteiger partial charge in [0.1, 0.15) is 0 Å². The van der Waals surface area contributed by atoms with E-state index in [1.807, 2.05) is 24.2 Å². The van der Waals surface area contributed by atoms with Crippen molar-refractivity contribution in [2.45, 2.75) is 37.0 Å². The van der Waals surface area contributed by atoms with Crippen LogP contribution >= 0.6 is 27.7 Å². The van der Waals surface area contributed by atoms with E-state index in [2.05, 4.69) is 27.0 Å². The lowest BCUT2D eigenvalue weighted by Gasteiger charge is -2.27. The molecule has 0 aliphatic carbocycles. The first-order valence-corrected chi connectivity index (χ1v) is 7.56. The summed E-state index contributed by atoms with van der Waals surface area (Å²) in [5.74, 6) is 1.27. The number of hydrogen-bond donors (Lipinski definition) is 1. The topological polar surface area (TPSA) is 38.9 Å². The molecule has 2 unspecified atom stereocenters. The predicted octanol–water partition coefficient (Wildman–Crippen LogP) is 3.00. The average Bonchev–Trinajstić information content (AvgIpc) is 2.30. The lowest BCUT2D eigenvalue weighted by atomic mass is 10.0. The second-order valence-corrected chi connectivity index (χ2v) is 6.55. The first-order valence-electron chi connectivity index (χ1n) is 5.72. The Hall–Kier alpha value is -0.0600. The normalized spacial score (nSPS) is 23.0. The molecule has 0 radical (unpaired) electrons. The van der Waals surface area contributed by atoms with Crippen molar-refractivity contribution in [3.05, 3.63) is 28.5 Å². The van der Waals surface area contributed by atoms with Gasteiger partial charge in [0.25, 0.3) is 0 Å². The zero-order valence-electron chi connectivity index (χ0n) is 9.23. The van der Waals surface area contributed by atoms with Crippen molar-refractivity contribution in [1.82, 2.24) is 4.98 Å². The molecule has 2 nitrogen and oxygen atoms in total. The summed E-state index contributed by atoms with van der Waals surface area (Å²) >= 11 is 5.48. The Kier molecular flexibility index (Phi) is 4.67. The number of halogens is 1. The molecule has 0 saturated carbocycles. The summed E-state index contributed by atoms with van der Waals surface area (Å²) in [5.41, 5.74) is 7.50. The van der Waals surface area contributed by atoms with Gasteiger partial charge in [-0.3, -0.25) is 4.98 Å². The SMILES string of the molecule is NC(Cc1cncc(Br)c1)C1CCCCS1. The molecule has 4 heteroatoms. The van der Waals surface area contributed by atoms with Crippen LogP contribution in [0, 0.1) is 0 Å². The van der Waals surface area contributed by atoms with E-state index in [-0.39, 0.29) is 6.04 Å². The van der Waals surface area contributed by atoms with E-state index in [1.165, 1.54) is 30.6 Å². The number of pyridine rings is 1. The van der Waals surface area contributed by atoms with E-state index in [9.17, 15) is 0 Å². The molecular formula is C12H17BrN2S. The highest BCUT2D eigenvalue weighted by Gasteiger charge is 2.21. The third-order valence-electron chi connectivity index (χ3n) is 2.93. The Labute approximate surface area is 110 Å². The van der Waals surface area contributed by atoms with Gasteiger partial charge in [-0.05, 0) is 52.6 Å². The predicted molar refractivity (Wildman–Crippen MR) is 73.7 cm³/mol. The van der Waals surface area contributed by atoms with Crippen LogP contribution in [-0.4, -0.2) is 22.0 Å². The summed E-state index contributed by atoms with van der Waals surface area (Å²) in [6.45, 7) is 0. The van der Waals surface area contributed by atoms with Crippen LogP contribution in [0.25, 0.3) is 0 Å². The number of nitrogens with zero attached hydrogens (tertiary/aromatic N) is 1. The molecule has 1 fully saturated rings.